The first-order valence-electron chi connectivity index (χ1n) is 11.8. The maximum Gasteiger partial charge on any atom is 0.350 e. The molecule has 0 saturated carbocycles. The van der Waals surface area contributed by atoms with E-state index >= 15 is 0 Å². The topological polar surface area (TPSA) is 55.3 Å². The molecule has 0 bridgehead atoms. The maximum atomic E-state index is 10.0. The van der Waals surface area contributed by atoms with Crippen molar-refractivity contribution in [1.82, 2.24) is 4.90 Å². The molecule has 0 aliphatic rings. The van der Waals surface area contributed by atoms with Crippen molar-refractivity contribution < 1.29 is 26.7 Å². The summed E-state index contributed by atoms with van der Waals surface area (Å²) in [6.45, 7) is 2.97. The van der Waals surface area contributed by atoms with E-state index in [1.165, 1.54) is 5.56 Å². The summed E-state index contributed by atoms with van der Waals surface area (Å²) in [5.41, 5.74) is 2.78. The van der Waals surface area contributed by atoms with Crippen LogP contribution in [0.5, 0.6) is 5.75 Å². The van der Waals surface area contributed by atoms with Crippen molar-refractivity contribution in [3.05, 3.63) is 89.2 Å². The Morgan fingerprint density at radius 3 is 2.31 bits per heavy atom. The Kier molecular flexibility index (Phi) is 14.7. The van der Waals surface area contributed by atoms with Crippen molar-refractivity contribution in [3.8, 4) is 5.75 Å². The predicted octanol–water partition coefficient (Wildman–Crippen LogP) is 4.03. The van der Waals surface area contributed by atoms with Crippen molar-refractivity contribution in [2.45, 2.75) is 32.7 Å². The van der Waals surface area contributed by atoms with E-state index < -0.39 is 0 Å². The molecule has 0 unspecified atom stereocenters. The number of pyridine rings is 1. The molecule has 194 valence electrons. The van der Waals surface area contributed by atoms with Crippen molar-refractivity contribution in [2.24, 2.45) is 10.2 Å². The summed E-state index contributed by atoms with van der Waals surface area (Å²) >= 11 is 3.46. The molecule has 2 aromatic carbocycles. The summed E-state index contributed by atoms with van der Waals surface area (Å²) in [5, 5.41) is 18.5. The fourth-order valence-electron chi connectivity index (χ4n) is 3.18. The summed E-state index contributed by atoms with van der Waals surface area (Å²) in [4.78, 5) is 3.98. The van der Waals surface area contributed by atoms with E-state index in [4.69, 9.17) is 0 Å². The minimum Gasteiger partial charge on any atom is -1.00 e. The molecule has 0 aliphatic heterocycles. The van der Waals surface area contributed by atoms with E-state index in [-0.39, 0.29) is 22.7 Å². The minimum absolute atomic E-state index is 0. The highest BCUT2D eigenvalue weighted by molar-refractivity contribution is 9.10. The van der Waals surface area contributed by atoms with Gasteiger partial charge in [-0.05, 0) is 70.3 Å². The third-order valence-electron chi connectivity index (χ3n) is 5.01. The van der Waals surface area contributed by atoms with Gasteiger partial charge in [0.15, 0.2) is 5.69 Å². The second-order valence-electron chi connectivity index (χ2n) is 8.54. The highest BCUT2D eigenvalue weighted by Gasteiger charge is 2.11. The Morgan fingerprint density at radius 2 is 1.69 bits per heavy atom. The van der Waals surface area contributed by atoms with Gasteiger partial charge in [0.25, 0.3) is 0 Å². The molecule has 0 radical (unpaired) electrons. The number of phenols is 1. The number of anilines is 1. The lowest BCUT2D eigenvalue weighted by Crippen LogP contribution is -3.00. The predicted molar refractivity (Wildman–Crippen MR) is 149 cm³/mol. The molecule has 8 heteroatoms. The zero-order valence-corrected chi connectivity index (χ0v) is 24.9. The molecule has 0 aliphatic carbocycles. The molecule has 3 aromatic rings. The first-order chi connectivity index (χ1) is 16.8. The smallest absolute Gasteiger partial charge is 0.350 e. The Bertz CT molecular complexity index is 1100. The number of halogens is 2. The zero-order valence-electron chi connectivity index (χ0n) is 21.8. The third-order valence-corrected chi connectivity index (χ3v) is 5.48. The Morgan fingerprint density at radius 1 is 0.972 bits per heavy atom. The van der Waals surface area contributed by atoms with Crippen LogP contribution in [-0.2, 0) is 13.0 Å². The van der Waals surface area contributed by atoms with Crippen LogP contribution in [0.4, 0.5) is 17.2 Å². The Labute approximate surface area is 234 Å². The van der Waals surface area contributed by atoms with Crippen molar-refractivity contribution in [3.63, 3.8) is 0 Å². The number of phenolic OH excluding ortho intramolecular Hbond substituents is 1. The van der Waals surface area contributed by atoms with E-state index in [0.717, 1.165) is 41.8 Å². The van der Waals surface area contributed by atoms with E-state index in [1.807, 2.05) is 62.1 Å². The summed E-state index contributed by atoms with van der Waals surface area (Å²) in [5.74, 6) is 0.871. The number of aromatic nitrogens is 1. The zero-order chi connectivity index (χ0) is 25.6. The maximum absolute atomic E-state index is 10.0. The van der Waals surface area contributed by atoms with Gasteiger partial charge in [0.05, 0.1) is 16.1 Å². The number of aryl methyl sites for hydroxylation is 2. The molecule has 6 nitrogen and oxygen atoms in total. The fraction of sp³-hybridized carbons (Fsp3) is 0.321. The van der Waals surface area contributed by atoms with Gasteiger partial charge in [0, 0.05) is 46.0 Å². The number of aromatic hydroxyl groups is 1. The Hall–Kier alpha value is -2.71. The van der Waals surface area contributed by atoms with E-state index in [2.05, 4.69) is 80.6 Å². The number of rotatable bonds is 9. The molecule has 1 N–H and O–H groups in total. The number of azo groups is 1. The van der Waals surface area contributed by atoms with Crippen LogP contribution in [0.1, 0.15) is 25.3 Å². The first-order valence-corrected chi connectivity index (χ1v) is 12.6. The van der Waals surface area contributed by atoms with E-state index in [1.54, 1.807) is 12.1 Å². The van der Waals surface area contributed by atoms with Crippen LogP contribution in [0, 0.1) is 0 Å². The number of hydrogen-bond acceptors (Lipinski definition) is 5. The second-order valence-corrected chi connectivity index (χ2v) is 9.45. The van der Waals surface area contributed by atoms with Crippen LogP contribution < -0.4 is 26.4 Å². The van der Waals surface area contributed by atoms with Crippen LogP contribution >= 0.6 is 15.9 Å². The first kappa shape index (κ1) is 31.3. The van der Waals surface area contributed by atoms with Crippen molar-refractivity contribution in [2.75, 3.05) is 33.1 Å². The SMILES string of the molecule is CCC[n+]1cc(Br)ccc1N=Nc1ccc(N(C)C)cc1O.CN(C)/C=C/CCc1ccccc1.[Br-]. The van der Waals surface area contributed by atoms with Gasteiger partial charge in [-0.1, -0.05) is 43.3 Å². The summed E-state index contributed by atoms with van der Waals surface area (Å²) in [6, 6.07) is 19.7. The van der Waals surface area contributed by atoms with Gasteiger partial charge in [0.2, 0.25) is 0 Å². The van der Waals surface area contributed by atoms with E-state index in [0.29, 0.717) is 5.69 Å². The largest absolute Gasteiger partial charge is 1.00 e. The molecule has 0 saturated heterocycles. The monoisotopic (exact) mass is 617 g/mol. The van der Waals surface area contributed by atoms with Crippen LogP contribution in [0.15, 0.2) is 93.8 Å². The third kappa shape index (κ3) is 11.4. The molecule has 0 fully saturated rings. The molecular weight excluding hydrogens is 582 g/mol. The van der Waals surface area contributed by atoms with Gasteiger partial charge in [-0.15, -0.1) is 0 Å². The second kappa shape index (κ2) is 16.9. The molecule has 1 heterocycles. The average molecular weight is 619 g/mol. The van der Waals surface area contributed by atoms with Gasteiger partial charge in [0.1, 0.15) is 11.9 Å². The summed E-state index contributed by atoms with van der Waals surface area (Å²) < 4.78 is 3.02. The minimum atomic E-state index is 0. The van der Waals surface area contributed by atoms with Gasteiger partial charge in [-0.3, -0.25) is 0 Å². The van der Waals surface area contributed by atoms with Crippen LogP contribution in [-0.4, -0.2) is 38.2 Å². The highest BCUT2D eigenvalue weighted by Crippen LogP contribution is 2.31. The highest BCUT2D eigenvalue weighted by atomic mass is 79.9. The number of hydrogen-bond donors (Lipinski definition) is 1. The van der Waals surface area contributed by atoms with Gasteiger partial charge < -0.3 is 31.9 Å². The molecule has 0 atom stereocenters. The van der Waals surface area contributed by atoms with Gasteiger partial charge in [-0.2, -0.15) is 0 Å². The molecular formula is C28H37Br2N5O. The molecule has 36 heavy (non-hydrogen) atoms. The van der Waals surface area contributed by atoms with Gasteiger partial charge >= 0.3 is 5.82 Å². The quantitative estimate of drug-likeness (QED) is 0.291. The molecule has 3 rings (SSSR count). The lowest BCUT2D eigenvalue weighted by atomic mass is 10.1. The van der Waals surface area contributed by atoms with Crippen LogP contribution in [0.25, 0.3) is 0 Å². The number of allylic oxidation sites excluding steroid dienone is 1. The van der Waals surface area contributed by atoms with E-state index in [9.17, 15) is 5.11 Å². The lowest BCUT2D eigenvalue weighted by molar-refractivity contribution is -0.685. The summed E-state index contributed by atoms with van der Waals surface area (Å²) in [6.07, 6.45) is 9.53. The average Bonchev–Trinajstić information content (AvgIpc) is 2.83. The van der Waals surface area contributed by atoms with Crippen LogP contribution in [0.2, 0.25) is 0 Å². The molecule has 0 spiro atoms. The molecule has 0 amide bonds. The number of benzene rings is 2. The number of nitrogens with zero attached hydrogens (tertiary/aromatic N) is 5. The van der Waals surface area contributed by atoms with Crippen LogP contribution in [0.3, 0.4) is 0 Å². The Balaban J connectivity index is 0.000000397. The standard InChI is InChI=1S/C16H19BrN4O.C12H17N.BrH/c1-4-9-21-11-12(17)5-8-16(21)19-18-14-7-6-13(20(2)3)10-15(14)22;1-13(2)11-7-6-10-12-8-4-3-5-9-12;/h5-8,10-11H,4,9H2,1-3H3;3-5,7-9,11H,6,10H2,1-2H3;1H/b;11-7+;. The van der Waals surface area contributed by atoms with Crippen molar-refractivity contribution >= 4 is 33.1 Å². The van der Waals surface area contributed by atoms with Gasteiger partial charge in [-0.25, -0.2) is 4.57 Å². The molecule has 1 aromatic heterocycles. The fourth-order valence-corrected chi connectivity index (χ4v) is 3.56. The van der Waals surface area contributed by atoms with Crippen molar-refractivity contribution in [1.29, 1.82) is 0 Å². The normalized spacial score (nSPS) is 10.6. The lowest BCUT2D eigenvalue weighted by Gasteiger charge is -2.12. The summed E-state index contributed by atoms with van der Waals surface area (Å²) in [7, 11) is 7.93.